The fraction of sp³-hybridized carbons (Fsp3) is 0.364. The summed E-state index contributed by atoms with van der Waals surface area (Å²) in [4.78, 5) is 10.7. The summed E-state index contributed by atoms with van der Waals surface area (Å²) in [6.45, 7) is 0.124. The lowest BCUT2D eigenvalue weighted by Gasteiger charge is -2.12. The first kappa shape index (κ1) is 14.0. The Morgan fingerprint density at radius 3 is 2.41 bits per heavy atom. The molecule has 0 fully saturated rings. The second kappa shape index (κ2) is 6.05. The molecule has 2 nitrogen and oxygen atoms in total. The van der Waals surface area contributed by atoms with Gasteiger partial charge in [-0.2, -0.15) is 13.2 Å². The molecule has 0 saturated heterocycles. The van der Waals surface area contributed by atoms with Crippen LogP contribution in [-0.4, -0.2) is 18.6 Å². The molecule has 0 radical (unpaired) electrons. The predicted molar refractivity (Wildman–Crippen MR) is 61.8 cm³/mol. The van der Waals surface area contributed by atoms with Gasteiger partial charge in [0.25, 0.3) is 0 Å². The predicted octanol–water partition coefficient (Wildman–Crippen LogP) is 3.19. The van der Waals surface area contributed by atoms with Gasteiger partial charge in [-0.3, -0.25) is 4.79 Å². The number of carbonyl (C=O) groups excluding carboxylic acids is 1. The molecule has 1 amide bonds. The monoisotopic (exact) mass is 309 g/mol. The van der Waals surface area contributed by atoms with Crippen LogP contribution in [0.2, 0.25) is 0 Å². The van der Waals surface area contributed by atoms with Gasteiger partial charge in [-0.1, -0.05) is 46.3 Å². The summed E-state index contributed by atoms with van der Waals surface area (Å²) in [6, 6.07) is 9.14. The van der Waals surface area contributed by atoms with Gasteiger partial charge >= 0.3 is 6.18 Å². The third-order valence-corrected chi connectivity index (χ3v) is 2.85. The minimum Gasteiger partial charge on any atom is -0.354 e. The molecule has 6 heteroatoms. The quantitative estimate of drug-likeness (QED) is 0.850. The highest BCUT2D eigenvalue weighted by molar-refractivity contribution is 9.09. The number of alkyl halides is 4. The van der Waals surface area contributed by atoms with Crippen LogP contribution in [0.15, 0.2) is 30.3 Å². The second-order valence-electron chi connectivity index (χ2n) is 3.47. The maximum atomic E-state index is 11.9. The fourth-order valence-corrected chi connectivity index (χ4v) is 1.69. The average molecular weight is 310 g/mol. The summed E-state index contributed by atoms with van der Waals surface area (Å²) in [5, 5.41) is 2.23. The van der Waals surface area contributed by atoms with Crippen LogP contribution in [0, 0.1) is 0 Å². The zero-order valence-corrected chi connectivity index (χ0v) is 10.4. The highest BCUT2D eigenvalue weighted by Crippen LogP contribution is 2.22. The van der Waals surface area contributed by atoms with Crippen molar-refractivity contribution in [1.29, 1.82) is 0 Å². The van der Waals surface area contributed by atoms with Crippen molar-refractivity contribution in [2.24, 2.45) is 0 Å². The van der Waals surface area contributed by atoms with Crippen molar-refractivity contribution in [2.45, 2.75) is 17.4 Å². The van der Waals surface area contributed by atoms with E-state index < -0.39 is 18.5 Å². The number of rotatable bonds is 4. The summed E-state index contributed by atoms with van der Waals surface area (Å²) in [7, 11) is 0. The summed E-state index contributed by atoms with van der Waals surface area (Å²) in [5.41, 5.74) is 0.903. The smallest absolute Gasteiger partial charge is 0.354 e. The third kappa shape index (κ3) is 5.72. The molecule has 0 heterocycles. The van der Waals surface area contributed by atoms with Crippen molar-refractivity contribution in [3.63, 3.8) is 0 Å². The van der Waals surface area contributed by atoms with Crippen LogP contribution in [0.3, 0.4) is 0 Å². The first-order valence-electron chi connectivity index (χ1n) is 4.91. The minimum atomic E-state index is -4.46. The standard InChI is InChI=1S/C11H11BrF3NO/c12-9(8-4-2-1-3-5-8)7-16-10(17)6-11(13,14)15/h1-5,9H,6-7H2,(H,16,17). The normalized spacial score (nSPS) is 13.2. The third-order valence-electron chi connectivity index (χ3n) is 2.00. The molecule has 0 spiro atoms. The molecule has 1 rings (SSSR count). The number of benzene rings is 1. The minimum absolute atomic E-state index is 0.124. The van der Waals surface area contributed by atoms with E-state index in [1.807, 2.05) is 30.3 Å². The van der Waals surface area contributed by atoms with E-state index in [0.717, 1.165) is 5.56 Å². The molecule has 0 bridgehead atoms. The van der Waals surface area contributed by atoms with E-state index in [0.29, 0.717) is 0 Å². The molecule has 0 saturated carbocycles. The van der Waals surface area contributed by atoms with Crippen LogP contribution < -0.4 is 5.32 Å². The van der Waals surface area contributed by atoms with Crippen LogP contribution in [-0.2, 0) is 4.79 Å². The molecule has 0 aromatic heterocycles. The lowest BCUT2D eigenvalue weighted by atomic mass is 10.1. The van der Waals surface area contributed by atoms with Crippen molar-refractivity contribution in [2.75, 3.05) is 6.54 Å². The first-order chi connectivity index (χ1) is 7.88. The van der Waals surface area contributed by atoms with Gasteiger partial charge in [0.2, 0.25) is 5.91 Å². The Morgan fingerprint density at radius 1 is 1.29 bits per heavy atom. The van der Waals surface area contributed by atoms with E-state index in [-0.39, 0.29) is 11.4 Å². The Bertz CT molecular complexity index is 367. The van der Waals surface area contributed by atoms with Gasteiger partial charge in [0.1, 0.15) is 6.42 Å². The second-order valence-corrected chi connectivity index (χ2v) is 4.58. The molecule has 1 aromatic rings. The van der Waals surface area contributed by atoms with Crippen molar-refractivity contribution >= 4 is 21.8 Å². The maximum absolute atomic E-state index is 11.9. The Hall–Kier alpha value is -1.04. The van der Waals surface area contributed by atoms with Crippen LogP contribution in [0.4, 0.5) is 13.2 Å². The summed E-state index contributed by atoms with van der Waals surface area (Å²) in [5.74, 6) is -1.02. The molecular weight excluding hydrogens is 299 g/mol. The summed E-state index contributed by atoms with van der Waals surface area (Å²) in [6.07, 6.45) is -5.90. The van der Waals surface area contributed by atoms with Crippen LogP contribution >= 0.6 is 15.9 Å². The van der Waals surface area contributed by atoms with Crippen LogP contribution in [0.1, 0.15) is 16.8 Å². The Balaban J connectivity index is 2.39. The zero-order valence-electron chi connectivity index (χ0n) is 8.80. The number of halogens is 4. The SMILES string of the molecule is O=C(CC(F)(F)F)NCC(Br)c1ccccc1. The molecule has 0 aliphatic heterocycles. The zero-order chi connectivity index (χ0) is 12.9. The van der Waals surface area contributed by atoms with Gasteiger partial charge in [0.15, 0.2) is 0 Å². The van der Waals surface area contributed by atoms with Gasteiger partial charge in [0.05, 0.1) is 4.83 Å². The first-order valence-corrected chi connectivity index (χ1v) is 5.82. The Kier molecular flexibility index (Phi) is 4.99. The van der Waals surface area contributed by atoms with Crippen molar-refractivity contribution < 1.29 is 18.0 Å². The topological polar surface area (TPSA) is 29.1 Å². The highest BCUT2D eigenvalue weighted by atomic mass is 79.9. The Labute approximate surface area is 105 Å². The van der Waals surface area contributed by atoms with Crippen molar-refractivity contribution in [3.8, 4) is 0 Å². The van der Waals surface area contributed by atoms with E-state index in [1.165, 1.54) is 0 Å². The van der Waals surface area contributed by atoms with Gasteiger partial charge in [-0.05, 0) is 5.56 Å². The fourth-order valence-electron chi connectivity index (χ4n) is 1.23. The van der Waals surface area contributed by atoms with Gasteiger partial charge < -0.3 is 5.32 Å². The molecule has 17 heavy (non-hydrogen) atoms. The van der Waals surface area contributed by atoms with E-state index in [4.69, 9.17) is 0 Å². The molecule has 1 unspecified atom stereocenters. The molecule has 0 aliphatic rings. The molecule has 1 atom stereocenters. The van der Waals surface area contributed by atoms with Crippen LogP contribution in [0.5, 0.6) is 0 Å². The van der Waals surface area contributed by atoms with Gasteiger partial charge in [0, 0.05) is 6.54 Å². The van der Waals surface area contributed by atoms with E-state index in [2.05, 4.69) is 21.2 Å². The molecular formula is C11H11BrF3NO. The number of carbonyl (C=O) groups is 1. The van der Waals surface area contributed by atoms with Gasteiger partial charge in [-0.25, -0.2) is 0 Å². The van der Waals surface area contributed by atoms with E-state index in [9.17, 15) is 18.0 Å². The number of hydrogen-bond donors (Lipinski definition) is 1. The van der Waals surface area contributed by atoms with E-state index >= 15 is 0 Å². The number of hydrogen-bond acceptors (Lipinski definition) is 1. The van der Waals surface area contributed by atoms with E-state index in [1.54, 1.807) is 0 Å². The Morgan fingerprint density at radius 2 is 1.88 bits per heavy atom. The van der Waals surface area contributed by atoms with Crippen LogP contribution in [0.25, 0.3) is 0 Å². The van der Waals surface area contributed by atoms with Crippen molar-refractivity contribution in [3.05, 3.63) is 35.9 Å². The molecule has 94 valence electrons. The van der Waals surface area contributed by atoms with Crippen molar-refractivity contribution in [1.82, 2.24) is 5.32 Å². The summed E-state index contributed by atoms with van der Waals surface area (Å²) >= 11 is 3.30. The maximum Gasteiger partial charge on any atom is 0.397 e. The lowest BCUT2D eigenvalue weighted by molar-refractivity contribution is -0.153. The number of nitrogens with one attached hydrogen (secondary N) is 1. The highest BCUT2D eigenvalue weighted by Gasteiger charge is 2.31. The lowest BCUT2D eigenvalue weighted by Crippen LogP contribution is -2.30. The molecule has 1 aromatic carbocycles. The molecule has 0 aliphatic carbocycles. The van der Waals surface area contributed by atoms with Gasteiger partial charge in [-0.15, -0.1) is 0 Å². The average Bonchev–Trinajstić information content (AvgIpc) is 2.25. The molecule has 1 N–H and O–H groups in total. The number of amides is 1. The largest absolute Gasteiger partial charge is 0.397 e. The summed E-state index contributed by atoms with van der Waals surface area (Å²) < 4.78 is 35.6.